The van der Waals surface area contributed by atoms with Crippen molar-refractivity contribution in [3.63, 3.8) is 0 Å². The molecule has 13 heavy (non-hydrogen) atoms. The summed E-state index contributed by atoms with van der Waals surface area (Å²) in [5.41, 5.74) is 0. The molecular formula is C9H15NO3. The minimum atomic E-state index is -0.162. The minimum Gasteiger partial charge on any atom is -0.499 e. The summed E-state index contributed by atoms with van der Waals surface area (Å²) in [6.07, 6.45) is 2.59. The van der Waals surface area contributed by atoms with Crippen LogP contribution in [0.4, 0.5) is 0 Å². The summed E-state index contributed by atoms with van der Waals surface area (Å²) in [4.78, 5) is 12.3. The summed E-state index contributed by atoms with van der Waals surface area (Å²) < 4.78 is 9.92. The lowest BCUT2D eigenvalue weighted by Gasteiger charge is -2.14. The van der Waals surface area contributed by atoms with Crippen molar-refractivity contribution in [3.8, 4) is 0 Å². The molecule has 0 aromatic rings. The van der Waals surface area contributed by atoms with Crippen LogP contribution in [0.2, 0.25) is 0 Å². The summed E-state index contributed by atoms with van der Waals surface area (Å²) in [5, 5.41) is 0. The Balaban J connectivity index is 3.36. The van der Waals surface area contributed by atoms with Gasteiger partial charge in [-0.25, -0.2) is 0 Å². The predicted molar refractivity (Wildman–Crippen MR) is 49.9 cm³/mol. The van der Waals surface area contributed by atoms with Crippen LogP contribution in [0, 0.1) is 0 Å². The fraction of sp³-hybridized carbons (Fsp3) is 0.444. The first kappa shape index (κ1) is 11.7. The van der Waals surface area contributed by atoms with Crippen molar-refractivity contribution in [3.05, 3.63) is 25.5 Å². The number of rotatable bonds is 7. The van der Waals surface area contributed by atoms with Gasteiger partial charge >= 0.3 is 0 Å². The van der Waals surface area contributed by atoms with Gasteiger partial charge in [0.1, 0.15) is 13.3 Å². The van der Waals surface area contributed by atoms with E-state index in [1.807, 2.05) is 0 Å². The zero-order chi connectivity index (χ0) is 10.1. The third kappa shape index (κ3) is 5.93. The maximum absolute atomic E-state index is 10.9. The largest absolute Gasteiger partial charge is 0.499 e. The Hall–Kier alpha value is -1.29. The van der Waals surface area contributed by atoms with E-state index in [0.29, 0.717) is 13.2 Å². The molecule has 0 saturated carbocycles. The van der Waals surface area contributed by atoms with Gasteiger partial charge in [-0.2, -0.15) is 0 Å². The molecule has 0 fully saturated rings. The van der Waals surface area contributed by atoms with E-state index in [0.717, 1.165) is 0 Å². The van der Waals surface area contributed by atoms with Crippen molar-refractivity contribution >= 4 is 5.91 Å². The molecule has 0 spiro atoms. The van der Waals surface area contributed by atoms with E-state index >= 15 is 0 Å². The van der Waals surface area contributed by atoms with Gasteiger partial charge < -0.3 is 14.4 Å². The Morgan fingerprint density at radius 1 is 1.46 bits per heavy atom. The molecule has 0 unspecified atom stereocenters. The first-order chi connectivity index (χ1) is 6.22. The Morgan fingerprint density at radius 2 is 2.15 bits per heavy atom. The molecule has 0 N–H and O–H groups in total. The molecule has 4 nitrogen and oxygen atoms in total. The molecule has 0 atom stereocenters. The molecule has 0 aromatic heterocycles. The van der Waals surface area contributed by atoms with Gasteiger partial charge in [0.2, 0.25) is 5.91 Å². The lowest BCUT2D eigenvalue weighted by atomic mass is 10.5. The normalized spacial score (nSPS) is 9.00. The second-order valence-corrected chi connectivity index (χ2v) is 2.32. The quantitative estimate of drug-likeness (QED) is 0.254. The average Bonchev–Trinajstić information content (AvgIpc) is 2.16. The SMILES string of the molecule is C=COCCOCN(C)C(=O)C=C. The first-order valence-electron chi connectivity index (χ1n) is 3.90. The van der Waals surface area contributed by atoms with E-state index in [9.17, 15) is 4.79 Å². The number of carbonyl (C=O) groups is 1. The van der Waals surface area contributed by atoms with E-state index < -0.39 is 0 Å². The van der Waals surface area contributed by atoms with E-state index in [1.54, 1.807) is 7.05 Å². The first-order valence-corrected chi connectivity index (χ1v) is 3.90. The molecular weight excluding hydrogens is 170 g/mol. The zero-order valence-corrected chi connectivity index (χ0v) is 7.86. The van der Waals surface area contributed by atoms with Crippen molar-refractivity contribution < 1.29 is 14.3 Å². The maximum atomic E-state index is 10.9. The molecule has 0 heterocycles. The monoisotopic (exact) mass is 185 g/mol. The maximum Gasteiger partial charge on any atom is 0.247 e. The molecule has 0 aliphatic rings. The van der Waals surface area contributed by atoms with E-state index in [1.165, 1.54) is 17.2 Å². The highest BCUT2D eigenvalue weighted by Crippen LogP contribution is 1.87. The molecule has 0 aromatic carbocycles. The highest BCUT2D eigenvalue weighted by molar-refractivity contribution is 5.86. The van der Waals surface area contributed by atoms with Crippen LogP contribution < -0.4 is 0 Å². The van der Waals surface area contributed by atoms with Gasteiger partial charge in [0.05, 0.1) is 12.9 Å². The highest BCUT2D eigenvalue weighted by atomic mass is 16.5. The predicted octanol–water partition coefficient (Wildman–Crippen LogP) is 0.765. The average molecular weight is 185 g/mol. The summed E-state index contributed by atoms with van der Waals surface area (Å²) >= 11 is 0. The van der Waals surface area contributed by atoms with Crippen molar-refractivity contribution in [1.29, 1.82) is 0 Å². The van der Waals surface area contributed by atoms with Gasteiger partial charge in [-0.15, -0.1) is 0 Å². The molecule has 4 heteroatoms. The number of hydrogen-bond acceptors (Lipinski definition) is 3. The fourth-order valence-electron chi connectivity index (χ4n) is 0.611. The highest BCUT2D eigenvalue weighted by Gasteiger charge is 2.02. The summed E-state index contributed by atoms with van der Waals surface area (Å²) in [6, 6.07) is 0. The van der Waals surface area contributed by atoms with Crippen LogP contribution >= 0.6 is 0 Å². The Bertz CT molecular complexity index is 180. The Morgan fingerprint density at radius 3 is 2.69 bits per heavy atom. The smallest absolute Gasteiger partial charge is 0.247 e. The van der Waals surface area contributed by atoms with Crippen molar-refractivity contribution in [2.45, 2.75) is 0 Å². The fourth-order valence-corrected chi connectivity index (χ4v) is 0.611. The van der Waals surface area contributed by atoms with Crippen LogP contribution in [0.3, 0.4) is 0 Å². The molecule has 74 valence electrons. The third-order valence-corrected chi connectivity index (χ3v) is 1.30. The van der Waals surface area contributed by atoms with Crippen LogP contribution in [-0.2, 0) is 14.3 Å². The van der Waals surface area contributed by atoms with Crippen molar-refractivity contribution in [1.82, 2.24) is 4.90 Å². The molecule has 0 aliphatic heterocycles. The summed E-state index contributed by atoms with van der Waals surface area (Å²) in [5.74, 6) is -0.162. The third-order valence-electron chi connectivity index (χ3n) is 1.30. The van der Waals surface area contributed by atoms with Crippen LogP contribution in [0.15, 0.2) is 25.5 Å². The van der Waals surface area contributed by atoms with E-state index in [4.69, 9.17) is 9.47 Å². The number of hydrogen-bond donors (Lipinski definition) is 0. The van der Waals surface area contributed by atoms with Crippen molar-refractivity contribution in [2.24, 2.45) is 0 Å². The van der Waals surface area contributed by atoms with Crippen molar-refractivity contribution in [2.75, 3.05) is 27.0 Å². The molecule has 0 bridgehead atoms. The summed E-state index contributed by atoms with van der Waals surface area (Å²) in [6.45, 7) is 7.85. The molecule has 0 aliphatic carbocycles. The van der Waals surface area contributed by atoms with E-state index in [2.05, 4.69) is 13.2 Å². The number of carbonyl (C=O) groups excluding carboxylic acids is 1. The minimum absolute atomic E-state index is 0.162. The van der Waals surface area contributed by atoms with Gasteiger partial charge in [-0.1, -0.05) is 13.2 Å². The summed E-state index contributed by atoms with van der Waals surface area (Å²) in [7, 11) is 1.64. The molecule has 0 radical (unpaired) electrons. The molecule has 1 amide bonds. The Labute approximate surface area is 78.4 Å². The lowest BCUT2D eigenvalue weighted by molar-refractivity contribution is -0.129. The number of amides is 1. The van der Waals surface area contributed by atoms with Gasteiger partial charge in [0, 0.05) is 7.05 Å². The standard InChI is InChI=1S/C9H15NO3/c1-4-9(11)10(3)8-13-7-6-12-5-2/h4-5H,1-2,6-8H2,3H3. The van der Waals surface area contributed by atoms with Gasteiger partial charge in [-0.05, 0) is 6.08 Å². The number of likely N-dealkylation sites (N-methyl/N-ethyl adjacent to an activating group) is 1. The lowest BCUT2D eigenvalue weighted by Crippen LogP contribution is -2.27. The second kappa shape index (κ2) is 7.36. The van der Waals surface area contributed by atoms with E-state index in [-0.39, 0.29) is 12.6 Å². The van der Waals surface area contributed by atoms with Crippen LogP contribution in [-0.4, -0.2) is 37.8 Å². The van der Waals surface area contributed by atoms with Gasteiger partial charge in [-0.3, -0.25) is 4.79 Å². The van der Waals surface area contributed by atoms with Crippen LogP contribution in [0.5, 0.6) is 0 Å². The number of ether oxygens (including phenoxy) is 2. The van der Waals surface area contributed by atoms with Gasteiger partial charge in [0.25, 0.3) is 0 Å². The van der Waals surface area contributed by atoms with Crippen LogP contribution in [0.25, 0.3) is 0 Å². The molecule has 0 rings (SSSR count). The second-order valence-electron chi connectivity index (χ2n) is 2.32. The topological polar surface area (TPSA) is 38.8 Å². The number of nitrogens with zero attached hydrogens (tertiary/aromatic N) is 1. The van der Waals surface area contributed by atoms with Crippen LogP contribution in [0.1, 0.15) is 0 Å². The zero-order valence-electron chi connectivity index (χ0n) is 7.86. The van der Waals surface area contributed by atoms with Gasteiger partial charge in [0.15, 0.2) is 0 Å². The molecule has 0 saturated heterocycles. The Kier molecular flexibility index (Phi) is 6.63.